The molecule has 9 heteroatoms. The van der Waals surface area contributed by atoms with Crippen LogP contribution in [0, 0.1) is 11.8 Å². The predicted octanol–water partition coefficient (Wildman–Crippen LogP) is 1.01. The molecule has 150 valence electrons. The molecule has 28 heavy (non-hydrogen) atoms. The van der Waals surface area contributed by atoms with Crippen LogP contribution >= 0.6 is 0 Å². The third kappa shape index (κ3) is 4.19. The van der Waals surface area contributed by atoms with Crippen LogP contribution in [-0.4, -0.2) is 55.1 Å². The molecule has 1 aromatic rings. The van der Waals surface area contributed by atoms with E-state index in [0.29, 0.717) is 17.8 Å². The van der Waals surface area contributed by atoms with E-state index in [9.17, 15) is 22.8 Å². The van der Waals surface area contributed by atoms with Crippen molar-refractivity contribution in [3.63, 3.8) is 0 Å². The van der Waals surface area contributed by atoms with Gasteiger partial charge in [0.1, 0.15) is 0 Å². The number of carbonyl (C=O) groups excluding carboxylic acids is 3. The molecule has 2 aliphatic heterocycles. The second kappa shape index (κ2) is 7.20. The average molecular weight is 405 g/mol. The van der Waals surface area contributed by atoms with Crippen LogP contribution in [0.5, 0.6) is 0 Å². The highest BCUT2D eigenvalue weighted by atomic mass is 32.2. The van der Waals surface area contributed by atoms with Gasteiger partial charge in [0, 0.05) is 36.3 Å². The van der Waals surface area contributed by atoms with Crippen molar-refractivity contribution < 1.29 is 22.8 Å². The van der Waals surface area contributed by atoms with Gasteiger partial charge in [-0.15, -0.1) is 0 Å². The maximum absolute atomic E-state index is 12.5. The second-order valence-electron chi connectivity index (χ2n) is 7.83. The Morgan fingerprint density at radius 2 is 1.50 bits per heavy atom. The number of benzene rings is 1. The minimum absolute atomic E-state index is 0.0128. The molecule has 1 aliphatic carbocycles. The summed E-state index contributed by atoms with van der Waals surface area (Å²) >= 11 is 0. The van der Waals surface area contributed by atoms with Crippen molar-refractivity contribution in [2.24, 2.45) is 11.8 Å². The molecule has 8 nitrogen and oxygen atoms in total. The van der Waals surface area contributed by atoms with E-state index in [4.69, 9.17) is 0 Å². The topological polar surface area (TPSA) is 113 Å². The van der Waals surface area contributed by atoms with E-state index in [0.717, 1.165) is 12.8 Å². The van der Waals surface area contributed by atoms with Crippen LogP contribution in [0.3, 0.4) is 0 Å². The lowest BCUT2D eigenvalue weighted by Crippen LogP contribution is -2.38. The lowest BCUT2D eigenvalue weighted by atomic mass is 10.1. The molecule has 2 N–H and O–H groups in total. The maximum Gasteiger partial charge on any atom is 0.229 e. The number of rotatable bonds is 5. The van der Waals surface area contributed by atoms with E-state index in [1.165, 1.54) is 0 Å². The van der Waals surface area contributed by atoms with Gasteiger partial charge in [-0.1, -0.05) is 0 Å². The van der Waals surface area contributed by atoms with Crippen molar-refractivity contribution >= 4 is 38.9 Å². The van der Waals surface area contributed by atoms with Gasteiger partial charge >= 0.3 is 0 Å². The summed E-state index contributed by atoms with van der Waals surface area (Å²) in [6, 6.07) is 6.55. The fourth-order valence-electron chi connectivity index (χ4n) is 3.75. The predicted molar refractivity (Wildman–Crippen MR) is 103 cm³/mol. The van der Waals surface area contributed by atoms with Gasteiger partial charge in [0.05, 0.1) is 17.4 Å². The van der Waals surface area contributed by atoms with E-state index in [1.807, 2.05) is 0 Å². The fraction of sp³-hybridized carbons (Fsp3) is 0.526. The Balaban J connectivity index is 1.32. The lowest BCUT2D eigenvalue weighted by Gasteiger charge is -2.22. The molecule has 4 rings (SSSR count). The van der Waals surface area contributed by atoms with E-state index < -0.39 is 15.8 Å². The van der Waals surface area contributed by atoms with Gasteiger partial charge in [-0.3, -0.25) is 14.4 Å². The van der Waals surface area contributed by atoms with Gasteiger partial charge < -0.3 is 15.5 Å². The standard InChI is InChI=1S/C19H23N3O5S/c23-17-9-13(10-22(17)16-7-8-28(26,27)11-16)19(25)21-15-5-3-14(4-6-15)20-18(24)12-1-2-12/h3-6,12-13,16H,1-2,7-11H2,(H,20,24)(H,21,25)/t13-,16+/m0/s1. The van der Waals surface area contributed by atoms with Crippen molar-refractivity contribution in [3.8, 4) is 0 Å². The Bertz CT molecular complexity index is 908. The van der Waals surface area contributed by atoms with Crippen molar-refractivity contribution in [1.82, 2.24) is 4.90 Å². The molecular formula is C19H23N3O5S. The van der Waals surface area contributed by atoms with Crippen LogP contribution in [0.15, 0.2) is 24.3 Å². The summed E-state index contributed by atoms with van der Waals surface area (Å²) in [5.74, 6) is -0.687. The second-order valence-corrected chi connectivity index (χ2v) is 10.1. The Morgan fingerprint density at radius 1 is 0.929 bits per heavy atom. The minimum Gasteiger partial charge on any atom is -0.338 e. The molecule has 2 atom stereocenters. The summed E-state index contributed by atoms with van der Waals surface area (Å²) in [7, 11) is -3.08. The van der Waals surface area contributed by atoms with Gasteiger partial charge in [-0.25, -0.2) is 8.42 Å². The number of anilines is 2. The molecule has 1 saturated carbocycles. The zero-order chi connectivity index (χ0) is 19.9. The summed E-state index contributed by atoms with van der Waals surface area (Å²) < 4.78 is 23.3. The summed E-state index contributed by atoms with van der Waals surface area (Å²) in [5, 5.41) is 5.64. The van der Waals surface area contributed by atoms with Gasteiger partial charge in [0.25, 0.3) is 0 Å². The molecule has 0 bridgehead atoms. The first-order valence-electron chi connectivity index (χ1n) is 9.52. The third-order valence-corrected chi connectivity index (χ3v) is 7.30. The molecular weight excluding hydrogens is 382 g/mol. The Kier molecular flexibility index (Phi) is 4.86. The highest BCUT2D eigenvalue weighted by Gasteiger charge is 2.41. The highest BCUT2D eigenvalue weighted by molar-refractivity contribution is 7.91. The zero-order valence-corrected chi connectivity index (χ0v) is 16.2. The number of hydrogen-bond donors (Lipinski definition) is 2. The summed E-state index contributed by atoms with van der Waals surface area (Å²) in [6.07, 6.45) is 2.40. The van der Waals surface area contributed by atoms with Crippen LogP contribution in [0.1, 0.15) is 25.7 Å². The average Bonchev–Trinajstić information content (AvgIpc) is 3.34. The fourth-order valence-corrected chi connectivity index (χ4v) is 5.48. The van der Waals surface area contributed by atoms with Crippen molar-refractivity contribution in [2.45, 2.75) is 31.7 Å². The highest BCUT2D eigenvalue weighted by Crippen LogP contribution is 2.30. The molecule has 2 heterocycles. The molecule has 0 unspecified atom stereocenters. The first kappa shape index (κ1) is 18.9. The van der Waals surface area contributed by atoms with Crippen LogP contribution in [-0.2, 0) is 24.2 Å². The number of nitrogens with one attached hydrogen (secondary N) is 2. The minimum atomic E-state index is -3.08. The van der Waals surface area contributed by atoms with E-state index >= 15 is 0 Å². The van der Waals surface area contributed by atoms with Gasteiger partial charge in [-0.2, -0.15) is 0 Å². The SMILES string of the molecule is O=C(Nc1ccc(NC(=O)[C@H]2CC(=O)N([C@@H]3CCS(=O)(=O)C3)C2)cc1)C1CC1. The smallest absolute Gasteiger partial charge is 0.229 e. The van der Waals surface area contributed by atoms with Crippen molar-refractivity contribution in [1.29, 1.82) is 0 Å². The van der Waals surface area contributed by atoms with Gasteiger partial charge in [0.15, 0.2) is 9.84 Å². The molecule has 3 fully saturated rings. The Hall–Kier alpha value is -2.42. The molecule has 0 radical (unpaired) electrons. The zero-order valence-electron chi connectivity index (χ0n) is 15.4. The summed E-state index contributed by atoms with van der Waals surface area (Å²) in [6.45, 7) is 0.250. The van der Waals surface area contributed by atoms with Crippen molar-refractivity contribution in [2.75, 3.05) is 28.7 Å². The molecule has 0 aromatic heterocycles. The van der Waals surface area contributed by atoms with Gasteiger partial charge in [-0.05, 0) is 43.5 Å². The normalized spacial score (nSPS) is 26.3. The van der Waals surface area contributed by atoms with E-state index in [1.54, 1.807) is 29.2 Å². The number of likely N-dealkylation sites (tertiary alicyclic amines) is 1. The lowest BCUT2D eigenvalue weighted by molar-refractivity contribution is -0.129. The monoisotopic (exact) mass is 405 g/mol. The molecule has 1 aromatic carbocycles. The number of carbonyl (C=O) groups is 3. The molecule has 2 saturated heterocycles. The maximum atomic E-state index is 12.5. The molecule has 3 aliphatic rings. The Morgan fingerprint density at radius 3 is 2.00 bits per heavy atom. The number of amides is 3. The van der Waals surface area contributed by atoms with E-state index in [2.05, 4.69) is 10.6 Å². The third-order valence-electron chi connectivity index (χ3n) is 5.55. The van der Waals surface area contributed by atoms with Crippen molar-refractivity contribution in [3.05, 3.63) is 24.3 Å². The van der Waals surface area contributed by atoms with Crippen LogP contribution < -0.4 is 10.6 Å². The van der Waals surface area contributed by atoms with Crippen LogP contribution in [0.2, 0.25) is 0 Å². The Labute approximate surface area is 163 Å². The summed E-state index contributed by atoms with van der Waals surface area (Å²) in [4.78, 5) is 38.1. The quantitative estimate of drug-likeness (QED) is 0.759. The summed E-state index contributed by atoms with van der Waals surface area (Å²) in [5.41, 5.74) is 1.27. The number of nitrogens with zero attached hydrogens (tertiary/aromatic N) is 1. The van der Waals surface area contributed by atoms with Crippen LogP contribution in [0.25, 0.3) is 0 Å². The first-order valence-corrected chi connectivity index (χ1v) is 11.3. The van der Waals surface area contributed by atoms with Gasteiger partial charge in [0.2, 0.25) is 17.7 Å². The number of hydrogen-bond acceptors (Lipinski definition) is 5. The first-order chi connectivity index (χ1) is 13.3. The molecule has 0 spiro atoms. The number of sulfone groups is 1. The largest absolute Gasteiger partial charge is 0.338 e. The van der Waals surface area contributed by atoms with E-state index in [-0.39, 0.29) is 54.2 Å². The van der Waals surface area contributed by atoms with Crippen LogP contribution in [0.4, 0.5) is 11.4 Å². The molecule has 3 amide bonds.